The molecule has 0 spiro atoms. The van der Waals surface area contributed by atoms with E-state index in [1.54, 1.807) is 7.05 Å². The zero-order valence-corrected chi connectivity index (χ0v) is 14.8. The van der Waals surface area contributed by atoms with Gasteiger partial charge >= 0.3 is 0 Å². The summed E-state index contributed by atoms with van der Waals surface area (Å²) in [5.41, 5.74) is 6.07. The Morgan fingerprint density at radius 1 is 1.52 bits per heavy atom. The number of halogens is 2. The van der Waals surface area contributed by atoms with Crippen molar-refractivity contribution in [2.75, 3.05) is 32.5 Å². The van der Waals surface area contributed by atoms with E-state index in [0.717, 1.165) is 19.4 Å². The molecule has 5 nitrogen and oxygen atoms in total. The van der Waals surface area contributed by atoms with Gasteiger partial charge in [-0.05, 0) is 46.8 Å². The summed E-state index contributed by atoms with van der Waals surface area (Å²) >= 11 is 9.15. The van der Waals surface area contributed by atoms with Crippen molar-refractivity contribution in [2.24, 2.45) is 5.92 Å². The first-order valence-corrected chi connectivity index (χ1v) is 9.22. The highest BCUT2D eigenvalue weighted by atomic mass is 79.9. The summed E-state index contributed by atoms with van der Waals surface area (Å²) in [6, 6.07) is 2.92. The molecule has 2 N–H and O–H groups in total. The molecule has 1 saturated heterocycles. The van der Waals surface area contributed by atoms with Gasteiger partial charge in [0.05, 0.1) is 16.0 Å². The van der Waals surface area contributed by atoms with Crippen LogP contribution < -0.4 is 5.73 Å². The summed E-state index contributed by atoms with van der Waals surface area (Å²) in [5, 5.41) is 0.295. The molecule has 8 heteroatoms. The van der Waals surface area contributed by atoms with Gasteiger partial charge in [0, 0.05) is 30.9 Å². The van der Waals surface area contributed by atoms with E-state index < -0.39 is 10.0 Å². The zero-order chi connectivity index (χ0) is 15.6. The number of nitrogens with two attached hydrogens (primary N) is 1. The molecule has 21 heavy (non-hydrogen) atoms. The van der Waals surface area contributed by atoms with E-state index in [0.29, 0.717) is 28.3 Å². The quantitative estimate of drug-likeness (QED) is 0.793. The van der Waals surface area contributed by atoms with Gasteiger partial charge in [0.25, 0.3) is 0 Å². The van der Waals surface area contributed by atoms with E-state index in [1.807, 2.05) is 0 Å². The van der Waals surface area contributed by atoms with Gasteiger partial charge in [0.1, 0.15) is 0 Å². The highest BCUT2D eigenvalue weighted by molar-refractivity contribution is 9.10. The van der Waals surface area contributed by atoms with Crippen LogP contribution in [-0.2, 0) is 14.8 Å². The second-order valence-electron chi connectivity index (χ2n) is 5.18. The number of benzene rings is 1. The van der Waals surface area contributed by atoms with Crippen LogP contribution in [0.5, 0.6) is 0 Å². The van der Waals surface area contributed by atoms with Crippen molar-refractivity contribution in [3.8, 4) is 0 Å². The van der Waals surface area contributed by atoms with Gasteiger partial charge in [-0.25, -0.2) is 12.7 Å². The highest BCUT2D eigenvalue weighted by Crippen LogP contribution is 2.33. The number of hydrogen-bond acceptors (Lipinski definition) is 4. The molecule has 1 heterocycles. The van der Waals surface area contributed by atoms with Gasteiger partial charge in [-0.15, -0.1) is 0 Å². The van der Waals surface area contributed by atoms with E-state index in [9.17, 15) is 8.42 Å². The third-order valence-electron chi connectivity index (χ3n) is 3.49. The Hall–Kier alpha value is -0.340. The average molecular weight is 398 g/mol. The number of nitrogens with zero attached hydrogens (tertiary/aromatic N) is 1. The van der Waals surface area contributed by atoms with Gasteiger partial charge < -0.3 is 10.5 Å². The zero-order valence-electron chi connectivity index (χ0n) is 11.7. The second kappa shape index (κ2) is 6.83. The van der Waals surface area contributed by atoms with Crippen molar-refractivity contribution in [1.82, 2.24) is 4.31 Å². The molecule has 0 amide bonds. The van der Waals surface area contributed by atoms with Gasteiger partial charge in [0.15, 0.2) is 0 Å². The van der Waals surface area contributed by atoms with E-state index in [4.69, 9.17) is 22.1 Å². The fourth-order valence-corrected chi connectivity index (χ4v) is 4.85. The Morgan fingerprint density at radius 2 is 2.24 bits per heavy atom. The Labute approximate surface area is 138 Å². The van der Waals surface area contributed by atoms with Crippen LogP contribution >= 0.6 is 27.5 Å². The summed E-state index contributed by atoms with van der Waals surface area (Å²) in [6.45, 7) is 1.77. The van der Waals surface area contributed by atoms with E-state index in [2.05, 4.69) is 15.9 Å². The molecule has 1 aliphatic rings. The van der Waals surface area contributed by atoms with Crippen LogP contribution in [-0.4, -0.2) is 39.5 Å². The summed E-state index contributed by atoms with van der Waals surface area (Å²) < 4.78 is 32.4. The molecule has 118 valence electrons. The summed E-state index contributed by atoms with van der Waals surface area (Å²) in [4.78, 5) is 0.0896. The summed E-state index contributed by atoms with van der Waals surface area (Å²) in [7, 11) is -2.08. The third kappa shape index (κ3) is 3.90. The topological polar surface area (TPSA) is 72.6 Å². The van der Waals surface area contributed by atoms with E-state index in [-0.39, 0.29) is 10.8 Å². The van der Waals surface area contributed by atoms with Crippen LogP contribution in [0.15, 0.2) is 21.5 Å². The monoisotopic (exact) mass is 396 g/mol. The first-order chi connectivity index (χ1) is 9.82. The molecular formula is C13H18BrClN2O3S. The minimum atomic E-state index is -3.65. The SMILES string of the molecule is CN(CC1CCCOC1)S(=O)(=O)c1cc(Cl)cc(N)c1Br. The molecule has 2 rings (SSSR count). The lowest BCUT2D eigenvalue weighted by atomic mass is 10.0. The number of hydrogen-bond donors (Lipinski definition) is 1. The number of ether oxygens (including phenoxy) is 1. The van der Waals surface area contributed by atoms with Crippen LogP contribution in [0.1, 0.15) is 12.8 Å². The molecule has 0 saturated carbocycles. The van der Waals surface area contributed by atoms with E-state index >= 15 is 0 Å². The van der Waals surface area contributed by atoms with Crippen LogP contribution in [0.25, 0.3) is 0 Å². The summed E-state index contributed by atoms with van der Waals surface area (Å²) in [6.07, 6.45) is 1.94. The second-order valence-corrected chi connectivity index (χ2v) is 8.42. The van der Waals surface area contributed by atoms with Crippen molar-refractivity contribution in [2.45, 2.75) is 17.7 Å². The van der Waals surface area contributed by atoms with Crippen molar-refractivity contribution < 1.29 is 13.2 Å². The molecule has 0 aromatic heterocycles. The smallest absolute Gasteiger partial charge is 0.244 e. The number of rotatable bonds is 4. The van der Waals surface area contributed by atoms with Gasteiger partial charge in [-0.3, -0.25) is 0 Å². The number of nitrogen functional groups attached to an aromatic ring is 1. The van der Waals surface area contributed by atoms with Crippen LogP contribution in [0.4, 0.5) is 5.69 Å². The Bertz CT molecular complexity index is 618. The first kappa shape index (κ1) is 17.0. The van der Waals surface area contributed by atoms with Crippen LogP contribution in [0.3, 0.4) is 0 Å². The maximum atomic E-state index is 12.7. The fraction of sp³-hybridized carbons (Fsp3) is 0.538. The lowest BCUT2D eigenvalue weighted by molar-refractivity contribution is 0.0495. The van der Waals surface area contributed by atoms with E-state index in [1.165, 1.54) is 16.4 Å². The average Bonchev–Trinajstić information content (AvgIpc) is 2.43. The van der Waals surface area contributed by atoms with Crippen LogP contribution in [0, 0.1) is 5.92 Å². The Kier molecular flexibility index (Phi) is 5.54. The molecule has 0 radical (unpaired) electrons. The largest absolute Gasteiger partial charge is 0.398 e. The third-order valence-corrected chi connectivity index (χ3v) is 6.70. The molecule has 1 aromatic rings. The minimum absolute atomic E-state index is 0.0896. The predicted molar refractivity (Wildman–Crippen MR) is 86.9 cm³/mol. The van der Waals surface area contributed by atoms with Crippen molar-refractivity contribution >= 4 is 43.2 Å². The van der Waals surface area contributed by atoms with Crippen molar-refractivity contribution in [3.05, 3.63) is 21.6 Å². The summed E-state index contributed by atoms with van der Waals surface area (Å²) in [5.74, 6) is 0.217. The first-order valence-electron chi connectivity index (χ1n) is 6.61. The number of anilines is 1. The van der Waals surface area contributed by atoms with Crippen molar-refractivity contribution in [3.63, 3.8) is 0 Å². The van der Waals surface area contributed by atoms with Crippen LogP contribution in [0.2, 0.25) is 5.02 Å². The molecule has 1 aromatic carbocycles. The standard InChI is InChI=1S/C13H18BrClN2O3S/c1-17(7-9-3-2-4-20-8-9)21(18,19)12-6-10(15)5-11(16)13(12)14/h5-6,9H,2-4,7-8,16H2,1H3. The lowest BCUT2D eigenvalue weighted by Crippen LogP contribution is -2.35. The van der Waals surface area contributed by atoms with Gasteiger partial charge in [-0.1, -0.05) is 11.6 Å². The molecular weight excluding hydrogens is 380 g/mol. The maximum Gasteiger partial charge on any atom is 0.244 e. The highest BCUT2D eigenvalue weighted by Gasteiger charge is 2.28. The fourth-order valence-electron chi connectivity index (χ4n) is 2.35. The molecule has 1 fully saturated rings. The lowest BCUT2D eigenvalue weighted by Gasteiger charge is -2.27. The number of sulfonamides is 1. The normalized spacial score (nSPS) is 19.9. The Balaban J connectivity index is 2.24. The minimum Gasteiger partial charge on any atom is -0.398 e. The van der Waals surface area contributed by atoms with Gasteiger partial charge in [-0.2, -0.15) is 0 Å². The Morgan fingerprint density at radius 3 is 2.86 bits per heavy atom. The van der Waals surface area contributed by atoms with Crippen molar-refractivity contribution in [1.29, 1.82) is 0 Å². The molecule has 1 aliphatic heterocycles. The maximum absolute atomic E-state index is 12.7. The molecule has 1 atom stereocenters. The molecule has 0 aliphatic carbocycles. The predicted octanol–water partition coefficient (Wildman–Crippen LogP) is 2.73. The molecule has 0 bridgehead atoms. The van der Waals surface area contributed by atoms with Gasteiger partial charge in [0.2, 0.25) is 10.0 Å². The molecule has 1 unspecified atom stereocenters.